The Kier molecular flexibility index (Phi) is 7.62. The van der Waals surface area contributed by atoms with Crippen molar-refractivity contribution in [2.45, 2.75) is 20.3 Å². The second kappa shape index (κ2) is 9.94. The van der Waals surface area contributed by atoms with Crippen molar-refractivity contribution in [2.24, 2.45) is 0 Å². The van der Waals surface area contributed by atoms with E-state index in [4.69, 9.17) is 14.2 Å². The Morgan fingerprint density at radius 1 is 1.23 bits per heavy atom. The third-order valence-corrected chi connectivity index (χ3v) is 4.17. The van der Waals surface area contributed by atoms with Crippen LogP contribution < -0.4 is 10.1 Å². The molecule has 0 unspecified atom stereocenters. The Bertz CT molecular complexity index is 754. The van der Waals surface area contributed by atoms with Crippen molar-refractivity contribution in [2.75, 3.05) is 40.1 Å². The fraction of sp³-hybridized carbons (Fsp3) is 0.474. The van der Waals surface area contributed by atoms with Gasteiger partial charge in [-0.3, -0.25) is 14.2 Å². The molecule has 142 valence electrons. The van der Waals surface area contributed by atoms with Crippen molar-refractivity contribution in [3.63, 3.8) is 0 Å². The number of hydrogen-bond acceptors (Lipinski definition) is 5. The van der Waals surface area contributed by atoms with Gasteiger partial charge in [0.25, 0.3) is 0 Å². The first-order chi connectivity index (χ1) is 12.6. The highest BCUT2D eigenvalue weighted by molar-refractivity contribution is 5.94. The first kappa shape index (κ1) is 19.9. The van der Waals surface area contributed by atoms with Crippen molar-refractivity contribution in [1.82, 2.24) is 9.88 Å². The summed E-state index contributed by atoms with van der Waals surface area (Å²) < 4.78 is 17.4. The van der Waals surface area contributed by atoms with Gasteiger partial charge in [-0.2, -0.15) is 0 Å². The lowest BCUT2D eigenvalue weighted by atomic mass is 10.1. The van der Waals surface area contributed by atoms with Crippen LogP contribution in [0.15, 0.2) is 18.2 Å². The highest BCUT2D eigenvalue weighted by Gasteiger charge is 2.17. The van der Waals surface area contributed by atoms with Crippen LogP contribution in [0.5, 0.6) is 5.75 Å². The van der Waals surface area contributed by atoms with Gasteiger partial charge in [-0.25, -0.2) is 0 Å². The monoisotopic (exact) mass is 362 g/mol. The number of hydrogen-bond donors (Lipinski definition) is 1. The van der Waals surface area contributed by atoms with Gasteiger partial charge in [-0.05, 0) is 37.6 Å². The molecule has 0 spiro atoms. The Balaban J connectivity index is 1.99. The minimum Gasteiger partial charge on any atom is -0.497 e. The first-order valence-electron chi connectivity index (χ1n) is 8.67. The third kappa shape index (κ3) is 4.83. The predicted octanol–water partition coefficient (Wildman–Crippen LogP) is 1.71. The van der Waals surface area contributed by atoms with Crippen molar-refractivity contribution >= 4 is 23.2 Å². The van der Waals surface area contributed by atoms with E-state index in [0.29, 0.717) is 38.7 Å². The van der Waals surface area contributed by atoms with Crippen LogP contribution in [-0.4, -0.2) is 57.0 Å². The lowest BCUT2D eigenvalue weighted by Crippen LogP contribution is -2.29. The number of fused-ring (bicyclic) bond motifs is 1. The van der Waals surface area contributed by atoms with Gasteiger partial charge in [-0.15, -0.1) is 0 Å². The van der Waals surface area contributed by atoms with E-state index >= 15 is 0 Å². The zero-order valence-corrected chi connectivity index (χ0v) is 15.5. The molecule has 1 aromatic heterocycles. The standard InChI is InChI=1S/C19H26N2O5/c1-4-25-9-10-26-8-7-20-19(23)12-16-14(2)21(13-22)18-6-5-15(24-3)11-17(16)18/h5-6,11,13H,4,7-10,12H2,1-3H3,(H,20,23). The molecule has 1 amide bonds. The maximum Gasteiger partial charge on any atom is 0.224 e. The lowest BCUT2D eigenvalue weighted by Gasteiger charge is -2.07. The van der Waals surface area contributed by atoms with Gasteiger partial charge in [0.05, 0.1) is 38.9 Å². The number of nitrogens with one attached hydrogen (secondary N) is 1. The summed E-state index contributed by atoms with van der Waals surface area (Å²) >= 11 is 0. The molecular weight excluding hydrogens is 336 g/mol. The van der Waals surface area contributed by atoms with Crippen molar-refractivity contribution in [3.05, 3.63) is 29.5 Å². The number of benzene rings is 1. The average molecular weight is 362 g/mol. The Hall–Kier alpha value is -2.38. The van der Waals surface area contributed by atoms with Gasteiger partial charge in [0, 0.05) is 24.2 Å². The molecule has 0 saturated heterocycles. The molecule has 0 atom stereocenters. The smallest absolute Gasteiger partial charge is 0.224 e. The Labute approximate surface area is 153 Å². The maximum absolute atomic E-state index is 12.3. The van der Waals surface area contributed by atoms with E-state index in [9.17, 15) is 9.59 Å². The maximum atomic E-state index is 12.3. The SMILES string of the molecule is CCOCCOCCNC(=O)Cc1c(C)n(C=O)c2ccc(OC)cc12. The van der Waals surface area contributed by atoms with Gasteiger partial charge in [0.2, 0.25) is 12.3 Å². The van der Waals surface area contributed by atoms with Crippen LogP contribution in [0, 0.1) is 6.92 Å². The minimum atomic E-state index is -0.116. The van der Waals surface area contributed by atoms with Crippen molar-refractivity contribution in [1.29, 1.82) is 0 Å². The molecule has 0 fully saturated rings. The number of methoxy groups -OCH3 is 1. The predicted molar refractivity (Wildman–Crippen MR) is 99.4 cm³/mol. The minimum absolute atomic E-state index is 0.116. The van der Waals surface area contributed by atoms with Crippen LogP contribution in [0.4, 0.5) is 0 Å². The summed E-state index contributed by atoms with van der Waals surface area (Å²) in [6.45, 7) is 6.35. The molecule has 0 aliphatic carbocycles. The zero-order chi connectivity index (χ0) is 18.9. The number of nitrogens with zero attached hydrogens (tertiary/aromatic N) is 1. The highest BCUT2D eigenvalue weighted by Crippen LogP contribution is 2.29. The summed E-state index contributed by atoms with van der Waals surface area (Å²) in [7, 11) is 1.59. The molecule has 0 aliphatic heterocycles. The van der Waals surface area contributed by atoms with Gasteiger partial charge in [0.15, 0.2) is 0 Å². The molecule has 0 bridgehead atoms. The molecule has 0 aliphatic rings. The number of carbonyl (C=O) groups excluding carboxylic acids is 2. The highest BCUT2D eigenvalue weighted by atomic mass is 16.5. The zero-order valence-electron chi connectivity index (χ0n) is 15.5. The normalized spacial score (nSPS) is 10.9. The van der Waals surface area contributed by atoms with Gasteiger partial charge < -0.3 is 19.5 Å². The van der Waals surface area contributed by atoms with Crippen LogP contribution in [0.3, 0.4) is 0 Å². The first-order valence-corrected chi connectivity index (χ1v) is 8.67. The van der Waals surface area contributed by atoms with E-state index in [1.807, 2.05) is 26.0 Å². The van der Waals surface area contributed by atoms with Gasteiger partial charge in [0.1, 0.15) is 5.75 Å². The topological polar surface area (TPSA) is 78.8 Å². The summed E-state index contributed by atoms with van der Waals surface area (Å²) in [6, 6.07) is 5.47. The van der Waals surface area contributed by atoms with E-state index in [1.165, 1.54) is 0 Å². The van der Waals surface area contributed by atoms with Crippen LogP contribution in [-0.2, 0) is 25.5 Å². The molecule has 0 saturated carbocycles. The molecule has 7 heteroatoms. The number of carbonyl (C=O) groups is 2. The average Bonchev–Trinajstić information content (AvgIpc) is 2.91. The van der Waals surface area contributed by atoms with Crippen molar-refractivity contribution < 1.29 is 23.8 Å². The number of ether oxygens (including phenoxy) is 3. The molecular formula is C19H26N2O5. The molecule has 1 aromatic carbocycles. The summed E-state index contributed by atoms with van der Waals surface area (Å²) in [5, 5.41) is 3.68. The van der Waals surface area contributed by atoms with Crippen LogP contribution in [0.25, 0.3) is 10.9 Å². The molecule has 2 rings (SSSR count). The number of aromatic nitrogens is 1. The fourth-order valence-electron chi connectivity index (χ4n) is 2.82. The van der Waals surface area contributed by atoms with Crippen molar-refractivity contribution in [3.8, 4) is 5.75 Å². The van der Waals surface area contributed by atoms with E-state index < -0.39 is 0 Å². The summed E-state index contributed by atoms with van der Waals surface area (Å²) in [6.07, 6.45) is 0.951. The Morgan fingerprint density at radius 2 is 2.00 bits per heavy atom. The van der Waals surface area contributed by atoms with Crippen LogP contribution in [0.1, 0.15) is 18.2 Å². The summed E-state index contributed by atoms with van der Waals surface area (Å²) in [5.41, 5.74) is 2.34. The van der Waals surface area contributed by atoms with Gasteiger partial charge in [-0.1, -0.05) is 0 Å². The molecule has 7 nitrogen and oxygen atoms in total. The quantitative estimate of drug-likeness (QED) is 0.486. The third-order valence-electron chi connectivity index (χ3n) is 4.17. The van der Waals surface area contributed by atoms with Gasteiger partial charge >= 0.3 is 0 Å². The Morgan fingerprint density at radius 3 is 2.69 bits per heavy atom. The van der Waals surface area contributed by atoms with E-state index in [1.54, 1.807) is 17.7 Å². The number of rotatable bonds is 11. The van der Waals surface area contributed by atoms with E-state index in [0.717, 1.165) is 28.6 Å². The number of amides is 1. The second-order valence-electron chi connectivity index (χ2n) is 5.76. The lowest BCUT2D eigenvalue weighted by molar-refractivity contribution is -0.120. The molecule has 1 heterocycles. The molecule has 2 aromatic rings. The second-order valence-corrected chi connectivity index (χ2v) is 5.76. The van der Waals surface area contributed by atoms with Crippen LogP contribution in [0.2, 0.25) is 0 Å². The summed E-state index contributed by atoms with van der Waals surface area (Å²) in [5.74, 6) is 0.569. The molecule has 0 radical (unpaired) electrons. The fourth-order valence-corrected chi connectivity index (χ4v) is 2.82. The summed E-state index contributed by atoms with van der Waals surface area (Å²) in [4.78, 5) is 23.7. The van der Waals surface area contributed by atoms with Crippen LogP contribution >= 0.6 is 0 Å². The molecule has 1 N–H and O–H groups in total. The molecule has 26 heavy (non-hydrogen) atoms. The largest absolute Gasteiger partial charge is 0.497 e. The van der Waals surface area contributed by atoms with E-state index in [2.05, 4.69) is 5.32 Å². The van der Waals surface area contributed by atoms with E-state index in [-0.39, 0.29) is 12.3 Å².